The molecule has 118 valence electrons. The van der Waals surface area contributed by atoms with Gasteiger partial charge in [0.2, 0.25) is 5.95 Å². The fourth-order valence-corrected chi connectivity index (χ4v) is 2.13. The largest absolute Gasteiger partial charge is 0.370 e. The standard InChI is InChI=1S/C17H23ClN4/c1-13(2)7-10-19-16-9-12-21-17(22-16)20-11-8-14-3-5-15(18)6-4-14/h3-6,9,12-13H,7-8,10-11H2,1-2H3,(H2,19,20,21,22). The second-order valence-corrected chi connectivity index (χ2v) is 6.11. The number of hydrogen-bond donors (Lipinski definition) is 2. The molecule has 0 saturated heterocycles. The van der Waals surface area contributed by atoms with Crippen molar-refractivity contribution in [3.63, 3.8) is 0 Å². The van der Waals surface area contributed by atoms with E-state index in [0.29, 0.717) is 11.9 Å². The van der Waals surface area contributed by atoms with Crippen molar-refractivity contribution in [3.05, 3.63) is 47.1 Å². The summed E-state index contributed by atoms with van der Waals surface area (Å²) in [5.41, 5.74) is 1.24. The van der Waals surface area contributed by atoms with E-state index in [1.165, 1.54) is 5.56 Å². The van der Waals surface area contributed by atoms with Gasteiger partial charge in [0.25, 0.3) is 0 Å². The van der Waals surface area contributed by atoms with Crippen molar-refractivity contribution in [3.8, 4) is 0 Å². The summed E-state index contributed by atoms with van der Waals surface area (Å²) in [5.74, 6) is 2.21. The van der Waals surface area contributed by atoms with Crippen molar-refractivity contribution in [1.29, 1.82) is 0 Å². The Morgan fingerprint density at radius 2 is 1.82 bits per heavy atom. The van der Waals surface area contributed by atoms with Crippen LogP contribution in [0.25, 0.3) is 0 Å². The molecule has 4 nitrogen and oxygen atoms in total. The van der Waals surface area contributed by atoms with Gasteiger partial charge >= 0.3 is 0 Å². The summed E-state index contributed by atoms with van der Waals surface area (Å²) in [6, 6.07) is 9.79. The van der Waals surface area contributed by atoms with Crippen molar-refractivity contribution >= 4 is 23.4 Å². The van der Waals surface area contributed by atoms with E-state index in [2.05, 4.69) is 34.4 Å². The Balaban J connectivity index is 1.78. The zero-order valence-electron chi connectivity index (χ0n) is 13.1. The molecule has 2 N–H and O–H groups in total. The number of rotatable bonds is 8. The van der Waals surface area contributed by atoms with Gasteiger partial charge in [-0.3, -0.25) is 0 Å². The molecule has 0 saturated carbocycles. The third-order valence-corrected chi connectivity index (χ3v) is 3.55. The van der Waals surface area contributed by atoms with Crippen molar-refractivity contribution in [1.82, 2.24) is 9.97 Å². The van der Waals surface area contributed by atoms with E-state index >= 15 is 0 Å². The lowest BCUT2D eigenvalue weighted by atomic mass is 10.1. The van der Waals surface area contributed by atoms with Crippen LogP contribution in [0.2, 0.25) is 5.02 Å². The summed E-state index contributed by atoms with van der Waals surface area (Å²) >= 11 is 5.88. The molecule has 0 radical (unpaired) electrons. The van der Waals surface area contributed by atoms with Crippen LogP contribution < -0.4 is 10.6 Å². The van der Waals surface area contributed by atoms with Crippen molar-refractivity contribution in [2.75, 3.05) is 23.7 Å². The monoisotopic (exact) mass is 318 g/mol. The number of anilines is 2. The normalized spacial score (nSPS) is 10.7. The number of nitrogens with one attached hydrogen (secondary N) is 2. The molecule has 0 atom stereocenters. The molecular weight excluding hydrogens is 296 g/mol. The Morgan fingerprint density at radius 1 is 1.05 bits per heavy atom. The zero-order valence-corrected chi connectivity index (χ0v) is 13.9. The smallest absolute Gasteiger partial charge is 0.224 e. The number of hydrogen-bond acceptors (Lipinski definition) is 4. The average Bonchev–Trinajstić information content (AvgIpc) is 2.49. The molecule has 0 aliphatic carbocycles. The molecule has 0 amide bonds. The van der Waals surface area contributed by atoms with Crippen molar-refractivity contribution in [2.24, 2.45) is 5.92 Å². The van der Waals surface area contributed by atoms with Gasteiger partial charge in [-0.1, -0.05) is 37.6 Å². The van der Waals surface area contributed by atoms with E-state index in [4.69, 9.17) is 11.6 Å². The first kappa shape index (κ1) is 16.6. The second-order valence-electron chi connectivity index (χ2n) is 5.68. The van der Waals surface area contributed by atoms with Crippen LogP contribution in [0.15, 0.2) is 36.5 Å². The molecule has 22 heavy (non-hydrogen) atoms. The quantitative estimate of drug-likeness (QED) is 0.764. The first-order valence-electron chi connectivity index (χ1n) is 7.68. The Hall–Kier alpha value is -1.81. The lowest BCUT2D eigenvalue weighted by Crippen LogP contribution is -2.10. The number of benzene rings is 1. The highest BCUT2D eigenvalue weighted by Crippen LogP contribution is 2.11. The molecule has 0 aliphatic heterocycles. The highest BCUT2D eigenvalue weighted by molar-refractivity contribution is 6.30. The minimum Gasteiger partial charge on any atom is -0.370 e. The summed E-state index contributed by atoms with van der Waals surface area (Å²) in [6.45, 7) is 6.15. The van der Waals surface area contributed by atoms with Gasteiger partial charge < -0.3 is 10.6 Å². The molecule has 0 fully saturated rings. The molecule has 0 bridgehead atoms. The lowest BCUT2D eigenvalue weighted by molar-refractivity contribution is 0.606. The summed E-state index contributed by atoms with van der Waals surface area (Å²) in [6.07, 6.45) is 3.81. The molecule has 1 heterocycles. The van der Waals surface area contributed by atoms with Gasteiger partial charge in [0.05, 0.1) is 0 Å². The van der Waals surface area contributed by atoms with Crippen LogP contribution in [-0.4, -0.2) is 23.1 Å². The molecule has 0 spiro atoms. The summed E-state index contributed by atoms with van der Waals surface area (Å²) in [5, 5.41) is 7.34. The lowest BCUT2D eigenvalue weighted by Gasteiger charge is -2.09. The first-order chi connectivity index (χ1) is 10.6. The van der Waals surface area contributed by atoms with E-state index in [0.717, 1.165) is 36.8 Å². The number of aromatic nitrogens is 2. The summed E-state index contributed by atoms with van der Waals surface area (Å²) in [4.78, 5) is 8.71. The van der Waals surface area contributed by atoms with Crippen LogP contribution in [0.3, 0.4) is 0 Å². The van der Waals surface area contributed by atoms with Crippen LogP contribution in [-0.2, 0) is 6.42 Å². The predicted molar refractivity (Wildman–Crippen MR) is 93.6 cm³/mol. The molecule has 1 aromatic carbocycles. The maximum atomic E-state index is 5.88. The molecule has 0 aliphatic rings. The fraction of sp³-hybridized carbons (Fsp3) is 0.412. The minimum atomic E-state index is 0.656. The first-order valence-corrected chi connectivity index (χ1v) is 8.06. The van der Waals surface area contributed by atoms with E-state index in [-0.39, 0.29) is 0 Å². The summed E-state index contributed by atoms with van der Waals surface area (Å²) < 4.78 is 0. The number of halogens is 1. The SMILES string of the molecule is CC(C)CCNc1ccnc(NCCc2ccc(Cl)cc2)n1. The summed E-state index contributed by atoms with van der Waals surface area (Å²) in [7, 11) is 0. The van der Waals surface area contributed by atoms with Gasteiger partial charge in [-0.2, -0.15) is 4.98 Å². The molecule has 2 rings (SSSR count). The van der Waals surface area contributed by atoms with Gasteiger partial charge in [0.15, 0.2) is 0 Å². The predicted octanol–water partition coefficient (Wildman–Crippen LogP) is 4.24. The molecule has 5 heteroatoms. The van der Waals surface area contributed by atoms with E-state index in [1.54, 1.807) is 6.20 Å². The van der Waals surface area contributed by atoms with Crippen LogP contribution in [0.4, 0.5) is 11.8 Å². The molecular formula is C17H23ClN4. The van der Waals surface area contributed by atoms with Crippen LogP contribution >= 0.6 is 11.6 Å². The molecule has 0 unspecified atom stereocenters. The van der Waals surface area contributed by atoms with Gasteiger partial charge in [-0.05, 0) is 42.5 Å². The van der Waals surface area contributed by atoms with Crippen LogP contribution in [0.5, 0.6) is 0 Å². The highest BCUT2D eigenvalue weighted by Gasteiger charge is 2.00. The maximum Gasteiger partial charge on any atom is 0.224 e. The maximum absolute atomic E-state index is 5.88. The van der Waals surface area contributed by atoms with Crippen LogP contribution in [0, 0.1) is 5.92 Å². The average molecular weight is 319 g/mol. The van der Waals surface area contributed by atoms with Gasteiger partial charge in [0.1, 0.15) is 5.82 Å². The Morgan fingerprint density at radius 3 is 2.55 bits per heavy atom. The Labute approximate surface area is 137 Å². The Bertz CT molecular complexity index is 569. The zero-order chi connectivity index (χ0) is 15.8. The number of nitrogens with zero attached hydrogens (tertiary/aromatic N) is 2. The van der Waals surface area contributed by atoms with Gasteiger partial charge in [-0.15, -0.1) is 0 Å². The van der Waals surface area contributed by atoms with E-state index in [1.807, 2.05) is 30.3 Å². The molecule has 2 aromatic rings. The van der Waals surface area contributed by atoms with Gasteiger partial charge in [-0.25, -0.2) is 4.98 Å². The third-order valence-electron chi connectivity index (χ3n) is 3.29. The molecule has 1 aromatic heterocycles. The third kappa shape index (κ3) is 5.90. The van der Waals surface area contributed by atoms with Gasteiger partial charge in [0, 0.05) is 24.3 Å². The topological polar surface area (TPSA) is 49.8 Å². The van der Waals surface area contributed by atoms with Crippen molar-refractivity contribution in [2.45, 2.75) is 26.7 Å². The van der Waals surface area contributed by atoms with Crippen molar-refractivity contribution < 1.29 is 0 Å². The minimum absolute atomic E-state index is 0.656. The van der Waals surface area contributed by atoms with E-state index < -0.39 is 0 Å². The fourth-order valence-electron chi connectivity index (χ4n) is 2.00. The van der Waals surface area contributed by atoms with Crippen LogP contribution in [0.1, 0.15) is 25.8 Å². The van der Waals surface area contributed by atoms with E-state index in [9.17, 15) is 0 Å². The Kier molecular flexibility index (Phi) is 6.46. The highest BCUT2D eigenvalue weighted by atomic mass is 35.5. The second kappa shape index (κ2) is 8.59.